The van der Waals surface area contributed by atoms with Crippen LogP contribution >= 0.6 is 11.6 Å². The first kappa shape index (κ1) is 26.6. The van der Waals surface area contributed by atoms with Crippen LogP contribution in [0.5, 0.6) is 5.75 Å². The molecule has 0 N–H and O–H groups in total. The molecular weight excluding hydrogens is 514 g/mol. The molecule has 0 bridgehead atoms. The Balaban J connectivity index is 1.50. The van der Waals surface area contributed by atoms with Gasteiger partial charge in [0, 0.05) is 41.7 Å². The highest BCUT2D eigenvalue weighted by molar-refractivity contribution is 6.32. The molecule has 1 aliphatic rings. The lowest BCUT2D eigenvalue weighted by atomic mass is 10.0. The highest BCUT2D eigenvalue weighted by atomic mass is 35.5. The molecule has 0 aliphatic heterocycles. The quantitative estimate of drug-likeness (QED) is 0.242. The van der Waals surface area contributed by atoms with E-state index in [9.17, 15) is 9.59 Å². The first-order valence-electron chi connectivity index (χ1n) is 13.1. The number of Topliss-reactive ketones (excluding diaryl/α,β-unsaturated/α-hetero) is 1. The lowest BCUT2D eigenvalue weighted by Crippen LogP contribution is -2.41. The fourth-order valence-corrected chi connectivity index (χ4v) is 5.40. The predicted octanol–water partition coefficient (Wildman–Crippen LogP) is 5.96. The van der Waals surface area contributed by atoms with E-state index in [1.807, 2.05) is 27.8 Å². The summed E-state index contributed by atoms with van der Waals surface area (Å²) in [6.07, 6.45) is 7.44. The third-order valence-electron chi connectivity index (χ3n) is 7.14. The number of pyridine rings is 1. The minimum absolute atomic E-state index is 0.111. The van der Waals surface area contributed by atoms with Crippen LogP contribution in [0.4, 0.5) is 0 Å². The fourth-order valence-electron chi connectivity index (χ4n) is 5.14. The Kier molecular flexibility index (Phi) is 8.02. The number of ether oxygens (including phenoxy) is 1. The molecule has 5 rings (SSSR count). The van der Waals surface area contributed by atoms with Crippen molar-refractivity contribution in [1.29, 1.82) is 0 Å². The van der Waals surface area contributed by atoms with Gasteiger partial charge >= 0.3 is 0 Å². The van der Waals surface area contributed by atoms with Gasteiger partial charge in [0.1, 0.15) is 5.75 Å². The maximum absolute atomic E-state index is 13.9. The standard InChI is InChI=1S/C30H30ClN5O3/c1-20(37)24-9-5-6-10-25(24)30(38)35(23-7-3-4-8-23)17-18-36-29(22-11-12-27(39-2)26(31)19-22)33-28(34-36)21-13-15-32-16-14-21/h5-6,9-16,19,23H,3-4,7-8,17-18H2,1-2H3. The van der Waals surface area contributed by atoms with Crippen molar-refractivity contribution < 1.29 is 14.3 Å². The van der Waals surface area contributed by atoms with Gasteiger partial charge in [-0.3, -0.25) is 14.6 Å². The second kappa shape index (κ2) is 11.8. The molecule has 200 valence electrons. The minimum Gasteiger partial charge on any atom is -0.495 e. The number of halogens is 1. The van der Waals surface area contributed by atoms with Crippen molar-refractivity contribution in [3.05, 3.63) is 83.1 Å². The first-order chi connectivity index (χ1) is 19.0. The lowest BCUT2D eigenvalue weighted by molar-refractivity contribution is 0.0668. The van der Waals surface area contributed by atoms with Crippen LogP contribution in [0.15, 0.2) is 67.0 Å². The lowest BCUT2D eigenvalue weighted by Gasteiger charge is -2.30. The van der Waals surface area contributed by atoms with Gasteiger partial charge in [-0.05, 0) is 56.2 Å². The number of carbonyl (C=O) groups excluding carboxylic acids is 2. The van der Waals surface area contributed by atoms with Crippen LogP contribution in [-0.2, 0) is 6.54 Å². The van der Waals surface area contributed by atoms with Crippen molar-refractivity contribution in [1.82, 2.24) is 24.6 Å². The Hall–Kier alpha value is -4.04. The summed E-state index contributed by atoms with van der Waals surface area (Å²) in [7, 11) is 1.57. The van der Waals surface area contributed by atoms with E-state index in [1.165, 1.54) is 6.92 Å². The van der Waals surface area contributed by atoms with E-state index >= 15 is 0 Å². The van der Waals surface area contributed by atoms with Crippen LogP contribution in [0, 0.1) is 0 Å². The Labute approximate surface area is 232 Å². The molecule has 0 saturated heterocycles. The number of amides is 1. The van der Waals surface area contributed by atoms with Crippen LogP contribution in [0.25, 0.3) is 22.8 Å². The zero-order valence-corrected chi connectivity index (χ0v) is 22.8. The second-order valence-corrected chi connectivity index (χ2v) is 10.0. The van der Waals surface area contributed by atoms with Gasteiger partial charge in [0.2, 0.25) is 0 Å². The number of aromatic nitrogens is 4. The van der Waals surface area contributed by atoms with E-state index in [2.05, 4.69) is 4.98 Å². The molecular formula is C30H30ClN5O3. The van der Waals surface area contributed by atoms with E-state index in [1.54, 1.807) is 55.9 Å². The molecule has 39 heavy (non-hydrogen) atoms. The van der Waals surface area contributed by atoms with Gasteiger partial charge in [-0.2, -0.15) is 5.10 Å². The largest absolute Gasteiger partial charge is 0.495 e. The van der Waals surface area contributed by atoms with Crippen LogP contribution in [0.2, 0.25) is 5.02 Å². The van der Waals surface area contributed by atoms with E-state index < -0.39 is 0 Å². The van der Waals surface area contributed by atoms with Crippen LogP contribution in [-0.4, -0.2) is 56.0 Å². The smallest absolute Gasteiger partial charge is 0.254 e. The number of hydrogen-bond acceptors (Lipinski definition) is 6. The van der Waals surface area contributed by atoms with Crippen LogP contribution < -0.4 is 4.74 Å². The zero-order chi connectivity index (χ0) is 27.4. The van der Waals surface area contributed by atoms with Crippen molar-refractivity contribution in [3.63, 3.8) is 0 Å². The Morgan fingerprint density at radius 3 is 2.41 bits per heavy atom. The average Bonchev–Trinajstić information content (AvgIpc) is 3.64. The van der Waals surface area contributed by atoms with Gasteiger partial charge < -0.3 is 9.64 Å². The molecule has 9 heteroatoms. The summed E-state index contributed by atoms with van der Waals surface area (Å²) in [4.78, 5) is 37.0. The molecule has 2 aromatic carbocycles. The first-order valence-corrected chi connectivity index (χ1v) is 13.4. The molecule has 0 atom stereocenters. The van der Waals surface area contributed by atoms with Crippen LogP contribution in [0.3, 0.4) is 0 Å². The van der Waals surface area contributed by atoms with Crippen LogP contribution in [0.1, 0.15) is 53.3 Å². The second-order valence-electron chi connectivity index (χ2n) is 9.61. The van der Waals surface area contributed by atoms with E-state index in [4.69, 9.17) is 26.4 Å². The van der Waals surface area contributed by atoms with Gasteiger partial charge in [0.15, 0.2) is 17.4 Å². The topological polar surface area (TPSA) is 90.2 Å². The normalized spacial score (nSPS) is 13.4. The number of methoxy groups -OCH3 is 1. The SMILES string of the molecule is COc1ccc(-c2nc(-c3ccncc3)nn2CCN(C(=O)c2ccccc2C(C)=O)C2CCCC2)cc1Cl. The predicted molar refractivity (Wildman–Crippen MR) is 150 cm³/mol. The van der Waals surface area contributed by atoms with Crippen molar-refractivity contribution >= 4 is 23.3 Å². The summed E-state index contributed by atoms with van der Waals surface area (Å²) in [6.45, 7) is 2.33. The zero-order valence-electron chi connectivity index (χ0n) is 22.0. The molecule has 0 unspecified atom stereocenters. The monoisotopic (exact) mass is 543 g/mol. The van der Waals surface area contributed by atoms with E-state index in [-0.39, 0.29) is 17.7 Å². The highest BCUT2D eigenvalue weighted by Crippen LogP contribution is 2.31. The summed E-state index contributed by atoms with van der Waals surface area (Å²) in [5.74, 6) is 1.51. The van der Waals surface area contributed by atoms with E-state index in [0.717, 1.165) is 36.8 Å². The molecule has 8 nitrogen and oxygen atoms in total. The molecule has 0 radical (unpaired) electrons. The molecule has 1 aliphatic carbocycles. The summed E-state index contributed by atoms with van der Waals surface area (Å²) in [6, 6.07) is 16.4. The van der Waals surface area contributed by atoms with Crippen molar-refractivity contribution in [2.45, 2.75) is 45.2 Å². The van der Waals surface area contributed by atoms with Crippen molar-refractivity contribution in [2.24, 2.45) is 0 Å². The third kappa shape index (κ3) is 5.71. The molecule has 1 fully saturated rings. The fraction of sp³-hybridized carbons (Fsp3) is 0.300. The van der Waals surface area contributed by atoms with Gasteiger partial charge in [0.05, 0.1) is 24.2 Å². The highest BCUT2D eigenvalue weighted by Gasteiger charge is 2.29. The number of hydrogen-bond donors (Lipinski definition) is 0. The van der Waals surface area contributed by atoms with Gasteiger partial charge in [-0.15, -0.1) is 0 Å². The van der Waals surface area contributed by atoms with Gasteiger partial charge in [0.25, 0.3) is 5.91 Å². The number of carbonyl (C=O) groups is 2. The van der Waals surface area contributed by atoms with E-state index in [0.29, 0.717) is 46.6 Å². The molecule has 0 spiro atoms. The minimum atomic E-state index is -0.129. The molecule has 2 aromatic heterocycles. The average molecular weight is 544 g/mol. The van der Waals surface area contributed by atoms with Gasteiger partial charge in [-0.25, -0.2) is 9.67 Å². The summed E-state index contributed by atoms with van der Waals surface area (Å²) in [5, 5.41) is 5.29. The third-order valence-corrected chi connectivity index (χ3v) is 7.43. The molecule has 1 amide bonds. The van der Waals surface area contributed by atoms with Crippen molar-refractivity contribution in [3.8, 4) is 28.5 Å². The molecule has 1 saturated carbocycles. The van der Waals surface area contributed by atoms with Crippen molar-refractivity contribution in [2.75, 3.05) is 13.7 Å². The maximum atomic E-state index is 13.9. The van der Waals surface area contributed by atoms with Gasteiger partial charge in [-0.1, -0.05) is 42.6 Å². The number of ketones is 1. The summed E-state index contributed by atoms with van der Waals surface area (Å²) in [5.41, 5.74) is 2.51. The Bertz CT molecular complexity index is 1480. The Morgan fingerprint density at radius 2 is 1.74 bits per heavy atom. The molecule has 2 heterocycles. The number of nitrogens with zero attached hydrogens (tertiary/aromatic N) is 5. The summed E-state index contributed by atoms with van der Waals surface area (Å²) < 4.78 is 7.14. The summed E-state index contributed by atoms with van der Waals surface area (Å²) >= 11 is 6.45. The molecule has 4 aromatic rings. The Morgan fingerprint density at radius 1 is 1.03 bits per heavy atom. The maximum Gasteiger partial charge on any atom is 0.254 e. The number of rotatable bonds is 9. The number of benzene rings is 2.